The van der Waals surface area contributed by atoms with Crippen LogP contribution in [-0.4, -0.2) is 25.9 Å². The highest BCUT2D eigenvalue weighted by Gasteiger charge is 2.27. The van der Waals surface area contributed by atoms with Gasteiger partial charge < -0.3 is 16.8 Å². The van der Waals surface area contributed by atoms with Crippen LogP contribution in [0.2, 0.25) is 5.02 Å². The van der Waals surface area contributed by atoms with Crippen molar-refractivity contribution in [3.63, 3.8) is 0 Å². The van der Waals surface area contributed by atoms with Crippen LogP contribution in [0, 0.1) is 16.0 Å². The van der Waals surface area contributed by atoms with E-state index < -0.39 is 4.92 Å². The molecule has 1 aliphatic carbocycles. The summed E-state index contributed by atoms with van der Waals surface area (Å²) >= 11 is 5.82. The van der Waals surface area contributed by atoms with Gasteiger partial charge in [-0.3, -0.25) is 15.1 Å². The lowest BCUT2D eigenvalue weighted by Crippen LogP contribution is -2.27. The summed E-state index contributed by atoms with van der Waals surface area (Å²) in [6.07, 6.45) is 5.74. The summed E-state index contributed by atoms with van der Waals surface area (Å²) in [5, 5.41) is 15.0. The van der Waals surface area contributed by atoms with Gasteiger partial charge in [0.15, 0.2) is 0 Å². The zero-order valence-corrected chi connectivity index (χ0v) is 15.5. The van der Waals surface area contributed by atoms with Gasteiger partial charge in [0.25, 0.3) is 0 Å². The highest BCUT2D eigenvalue weighted by atomic mass is 35.5. The minimum absolute atomic E-state index is 0.135. The van der Waals surface area contributed by atoms with Crippen LogP contribution in [0.4, 0.5) is 17.5 Å². The Hall–Kier alpha value is -2.52. The van der Waals surface area contributed by atoms with Gasteiger partial charge in [-0.15, -0.1) is 0 Å². The Morgan fingerprint density at radius 3 is 2.63 bits per heavy atom. The second-order valence-electron chi connectivity index (χ2n) is 6.79. The Morgan fingerprint density at radius 2 is 2.00 bits per heavy atom. The van der Waals surface area contributed by atoms with E-state index >= 15 is 0 Å². The number of pyridine rings is 1. The Kier molecular flexibility index (Phi) is 6.02. The fourth-order valence-electron chi connectivity index (χ4n) is 3.29. The SMILES string of the molecule is Nc1nc(NCc2ccc(Cl)cn2)nc(C[C@H]2CC[C@H](N)CC2)c1[N+](=O)[O-]. The Morgan fingerprint density at radius 1 is 1.26 bits per heavy atom. The van der Waals surface area contributed by atoms with E-state index in [1.165, 1.54) is 0 Å². The number of hydrogen-bond acceptors (Lipinski definition) is 8. The maximum atomic E-state index is 11.4. The van der Waals surface area contributed by atoms with Crippen LogP contribution >= 0.6 is 11.6 Å². The molecule has 27 heavy (non-hydrogen) atoms. The van der Waals surface area contributed by atoms with Crippen LogP contribution in [0.15, 0.2) is 18.3 Å². The highest BCUT2D eigenvalue weighted by Crippen LogP contribution is 2.31. The smallest absolute Gasteiger partial charge is 0.332 e. The van der Waals surface area contributed by atoms with Crippen molar-refractivity contribution < 1.29 is 4.92 Å². The summed E-state index contributed by atoms with van der Waals surface area (Å²) in [6, 6.07) is 3.72. The molecular formula is C17H22ClN7O2. The molecule has 3 rings (SSSR count). The predicted molar refractivity (Wildman–Crippen MR) is 103 cm³/mol. The van der Waals surface area contributed by atoms with Crippen LogP contribution in [0.1, 0.15) is 37.1 Å². The van der Waals surface area contributed by atoms with E-state index in [2.05, 4.69) is 20.3 Å². The maximum absolute atomic E-state index is 11.4. The molecule has 0 amide bonds. The lowest BCUT2D eigenvalue weighted by atomic mass is 9.83. The molecule has 0 atom stereocenters. The fourth-order valence-corrected chi connectivity index (χ4v) is 3.40. The fraction of sp³-hybridized carbons (Fsp3) is 0.471. The van der Waals surface area contributed by atoms with Gasteiger partial charge in [0, 0.05) is 12.2 Å². The number of anilines is 2. The Bertz CT molecular complexity index is 808. The van der Waals surface area contributed by atoms with Crippen molar-refractivity contribution in [1.29, 1.82) is 0 Å². The molecule has 5 N–H and O–H groups in total. The lowest BCUT2D eigenvalue weighted by Gasteiger charge is -2.25. The number of nitrogens with two attached hydrogens (primary N) is 2. The molecule has 2 aromatic rings. The molecule has 1 fully saturated rings. The van der Waals surface area contributed by atoms with Gasteiger partial charge in [0.2, 0.25) is 11.8 Å². The quantitative estimate of drug-likeness (QED) is 0.503. The molecule has 2 aromatic heterocycles. The van der Waals surface area contributed by atoms with Crippen molar-refractivity contribution >= 4 is 29.1 Å². The van der Waals surface area contributed by atoms with E-state index in [1.54, 1.807) is 18.3 Å². The zero-order chi connectivity index (χ0) is 19.4. The number of nitrogen functional groups attached to an aromatic ring is 1. The Labute approximate surface area is 161 Å². The summed E-state index contributed by atoms with van der Waals surface area (Å²) < 4.78 is 0. The van der Waals surface area contributed by atoms with Gasteiger partial charge in [0.1, 0.15) is 5.69 Å². The third-order valence-electron chi connectivity index (χ3n) is 4.76. The van der Waals surface area contributed by atoms with Gasteiger partial charge in [-0.05, 0) is 50.2 Å². The summed E-state index contributed by atoms with van der Waals surface area (Å²) in [5.74, 6) is 0.421. The standard InChI is InChI=1S/C17H22ClN7O2/c18-11-3-6-13(21-8-11)9-22-17-23-14(15(25(26)27)16(20)24-17)7-10-1-4-12(19)5-2-10/h3,6,8,10,12H,1-2,4-5,7,9,19H2,(H3,20,22,23,24)/t10-,12-. The second kappa shape index (κ2) is 8.45. The minimum Gasteiger partial charge on any atom is -0.378 e. The van der Waals surface area contributed by atoms with E-state index in [0.29, 0.717) is 29.6 Å². The van der Waals surface area contributed by atoms with Crippen LogP contribution in [0.25, 0.3) is 0 Å². The van der Waals surface area contributed by atoms with Gasteiger partial charge >= 0.3 is 5.69 Å². The second-order valence-corrected chi connectivity index (χ2v) is 7.23. The molecule has 144 valence electrons. The first kappa shape index (κ1) is 19.2. The van der Waals surface area contributed by atoms with Crippen molar-refractivity contribution in [2.24, 2.45) is 11.7 Å². The van der Waals surface area contributed by atoms with Gasteiger partial charge in [-0.1, -0.05) is 11.6 Å². The average molecular weight is 392 g/mol. The first-order valence-corrected chi connectivity index (χ1v) is 9.21. The highest BCUT2D eigenvalue weighted by molar-refractivity contribution is 6.30. The first-order valence-electron chi connectivity index (χ1n) is 8.83. The molecule has 1 saturated carbocycles. The third kappa shape index (κ3) is 5.01. The van der Waals surface area contributed by atoms with E-state index in [0.717, 1.165) is 31.4 Å². The number of hydrogen-bond donors (Lipinski definition) is 3. The number of nitrogens with one attached hydrogen (secondary N) is 1. The molecule has 0 bridgehead atoms. The number of rotatable bonds is 6. The lowest BCUT2D eigenvalue weighted by molar-refractivity contribution is -0.385. The van der Waals surface area contributed by atoms with Crippen molar-refractivity contribution in [2.45, 2.75) is 44.7 Å². The maximum Gasteiger partial charge on any atom is 0.332 e. The van der Waals surface area contributed by atoms with Crippen LogP contribution < -0.4 is 16.8 Å². The molecule has 10 heteroatoms. The van der Waals surface area contributed by atoms with E-state index in [-0.39, 0.29) is 23.5 Å². The van der Waals surface area contributed by atoms with Gasteiger partial charge in [-0.2, -0.15) is 4.98 Å². The molecule has 0 radical (unpaired) electrons. The van der Waals surface area contributed by atoms with Crippen molar-refractivity contribution in [2.75, 3.05) is 11.1 Å². The molecule has 0 spiro atoms. The summed E-state index contributed by atoms with van der Waals surface area (Å²) in [5.41, 5.74) is 12.7. The molecule has 2 heterocycles. The van der Waals surface area contributed by atoms with Crippen molar-refractivity contribution in [1.82, 2.24) is 15.0 Å². The largest absolute Gasteiger partial charge is 0.378 e. The minimum atomic E-state index is -0.510. The first-order chi connectivity index (χ1) is 12.9. The predicted octanol–water partition coefficient (Wildman–Crippen LogP) is 2.69. The molecule has 9 nitrogen and oxygen atoms in total. The van der Waals surface area contributed by atoms with Gasteiger partial charge in [0.05, 0.1) is 22.2 Å². The normalized spacial score (nSPS) is 19.6. The topological polar surface area (TPSA) is 146 Å². The average Bonchev–Trinajstić information content (AvgIpc) is 2.62. The van der Waals surface area contributed by atoms with Crippen molar-refractivity contribution in [3.05, 3.63) is 44.9 Å². The summed E-state index contributed by atoms with van der Waals surface area (Å²) in [6.45, 7) is 0.353. The van der Waals surface area contributed by atoms with E-state index in [4.69, 9.17) is 23.1 Å². The monoisotopic (exact) mass is 391 g/mol. The molecule has 0 aliphatic heterocycles. The van der Waals surface area contributed by atoms with Crippen LogP contribution in [0.5, 0.6) is 0 Å². The number of nitrogens with zero attached hydrogens (tertiary/aromatic N) is 4. The number of halogens is 1. The molecule has 0 unspecified atom stereocenters. The molecule has 0 aromatic carbocycles. The molecule has 1 aliphatic rings. The number of aromatic nitrogens is 3. The van der Waals surface area contributed by atoms with Crippen LogP contribution in [-0.2, 0) is 13.0 Å². The van der Waals surface area contributed by atoms with E-state index in [9.17, 15) is 10.1 Å². The number of nitro groups is 1. The van der Waals surface area contributed by atoms with E-state index in [1.807, 2.05) is 0 Å². The third-order valence-corrected chi connectivity index (χ3v) is 4.98. The summed E-state index contributed by atoms with van der Waals surface area (Å²) in [7, 11) is 0. The molecule has 0 saturated heterocycles. The molecular weight excluding hydrogens is 370 g/mol. The van der Waals surface area contributed by atoms with Crippen molar-refractivity contribution in [3.8, 4) is 0 Å². The van der Waals surface area contributed by atoms with Gasteiger partial charge in [-0.25, -0.2) is 4.98 Å². The Balaban J connectivity index is 1.77. The zero-order valence-electron chi connectivity index (χ0n) is 14.8. The summed E-state index contributed by atoms with van der Waals surface area (Å²) in [4.78, 5) is 23.5. The van der Waals surface area contributed by atoms with Crippen LogP contribution in [0.3, 0.4) is 0 Å².